The number of hydrogen-bond donors (Lipinski definition) is 3. The number of para-hydroxylation sites is 2. The van der Waals surface area contributed by atoms with Crippen LogP contribution < -0.4 is 15.4 Å². The van der Waals surface area contributed by atoms with Crippen LogP contribution in [-0.4, -0.2) is 30.1 Å². The van der Waals surface area contributed by atoms with E-state index in [1.165, 1.54) is 18.2 Å². The van der Waals surface area contributed by atoms with Crippen molar-refractivity contribution < 1.29 is 27.8 Å². The molecule has 1 aliphatic rings. The van der Waals surface area contributed by atoms with Gasteiger partial charge in [-0.25, -0.2) is 4.79 Å². The number of aliphatic hydroxyl groups is 1. The zero-order valence-corrected chi connectivity index (χ0v) is 11.7. The highest BCUT2D eigenvalue weighted by Gasteiger charge is 2.32. The Kier molecular flexibility index (Phi) is 5.12. The molecule has 0 spiro atoms. The number of aliphatic hydroxyl groups excluding tert-OH is 1. The van der Waals surface area contributed by atoms with Crippen molar-refractivity contribution in [2.24, 2.45) is 5.92 Å². The van der Waals surface area contributed by atoms with Gasteiger partial charge in [-0.15, -0.1) is 13.2 Å². The fraction of sp³-hybridized carbons (Fsp3) is 0.500. The first-order valence-electron chi connectivity index (χ1n) is 6.92. The highest BCUT2D eigenvalue weighted by molar-refractivity contribution is 5.91. The molecule has 1 saturated carbocycles. The third-order valence-electron chi connectivity index (χ3n) is 3.57. The van der Waals surface area contributed by atoms with Crippen LogP contribution in [0.5, 0.6) is 5.75 Å². The Bertz CT molecular complexity index is 522. The number of benzene rings is 1. The summed E-state index contributed by atoms with van der Waals surface area (Å²) in [6, 6.07) is 4.51. The molecule has 122 valence electrons. The summed E-state index contributed by atoms with van der Waals surface area (Å²) in [5, 5.41) is 14.2. The summed E-state index contributed by atoms with van der Waals surface area (Å²) in [5.41, 5.74) is -0.0733. The number of carbonyl (C=O) groups excluding carboxylic acids is 1. The molecule has 1 fully saturated rings. The number of amides is 2. The van der Waals surface area contributed by atoms with Crippen LogP contribution in [-0.2, 0) is 0 Å². The third-order valence-corrected chi connectivity index (χ3v) is 3.57. The van der Waals surface area contributed by atoms with E-state index in [2.05, 4.69) is 15.4 Å². The maximum Gasteiger partial charge on any atom is 0.573 e. The van der Waals surface area contributed by atoms with Gasteiger partial charge in [-0.1, -0.05) is 18.6 Å². The van der Waals surface area contributed by atoms with Crippen molar-refractivity contribution in [2.75, 3.05) is 11.9 Å². The Labute approximate surface area is 125 Å². The second-order valence-corrected chi connectivity index (χ2v) is 5.12. The lowest BCUT2D eigenvalue weighted by Crippen LogP contribution is -2.41. The highest BCUT2D eigenvalue weighted by Crippen LogP contribution is 2.30. The predicted octanol–water partition coefficient (Wildman–Crippen LogP) is 2.87. The van der Waals surface area contributed by atoms with E-state index in [4.69, 9.17) is 0 Å². The fourth-order valence-electron chi connectivity index (χ4n) is 2.56. The minimum atomic E-state index is -4.83. The van der Waals surface area contributed by atoms with Crippen molar-refractivity contribution in [3.63, 3.8) is 0 Å². The number of anilines is 1. The quantitative estimate of drug-likeness (QED) is 0.799. The van der Waals surface area contributed by atoms with Gasteiger partial charge in [0.25, 0.3) is 0 Å². The van der Waals surface area contributed by atoms with Gasteiger partial charge in [0.05, 0.1) is 5.69 Å². The molecule has 1 aliphatic carbocycles. The van der Waals surface area contributed by atoms with E-state index >= 15 is 0 Å². The molecular formula is C14H17F3N2O3. The standard InChI is InChI=1S/C14H17F3N2O3/c15-14(16,17)22-12-7-2-1-5-11(12)19-13(21)18-10-6-3-4-9(10)8-20/h1-2,5,7,9-10,20H,3-4,6,8H2,(H2,18,19,21)/t9-,10-/m0/s1. The van der Waals surface area contributed by atoms with Crippen LogP contribution in [0.25, 0.3) is 0 Å². The Hall–Kier alpha value is -1.96. The number of urea groups is 1. The average molecular weight is 318 g/mol. The molecule has 0 saturated heterocycles. The number of rotatable bonds is 4. The van der Waals surface area contributed by atoms with Crippen LogP contribution in [0.2, 0.25) is 0 Å². The Balaban J connectivity index is 1.99. The van der Waals surface area contributed by atoms with Crippen LogP contribution in [0, 0.1) is 5.92 Å². The van der Waals surface area contributed by atoms with Crippen LogP contribution in [0.1, 0.15) is 19.3 Å². The lowest BCUT2D eigenvalue weighted by molar-refractivity contribution is -0.274. The number of alkyl halides is 3. The summed E-state index contributed by atoms with van der Waals surface area (Å²) in [6.45, 7) is -0.0290. The van der Waals surface area contributed by atoms with Crippen molar-refractivity contribution in [1.29, 1.82) is 0 Å². The van der Waals surface area contributed by atoms with Crippen molar-refractivity contribution in [3.05, 3.63) is 24.3 Å². The molecule has 0 bridgehead atoms. The zero-order valence-electron chi connectivity index (χ0n) is 11.7. The molecule has 1 aromatic carbocycles. The van der Waals surface area contributed by atoms with Gasteiger partial charge in [0, 0.05) is 18.6 Å². The summed E-state index contributed by atoms with van der Waals surface area (Å²) in [5.74, 6) is -0.498. The molecule has 5 nitrogen and oxygen atoms in total. The van der Waals surface area contributed by atoms with E-state index in [0.29, 0.717) is 0 Å². The van der Waals surface area contributed by atoms with Gasteiger partial charge in [0.1, 0.15) is 0 Å². The zero-order chi connectivity index (χ0) is 16.2. The summed E-state index contributed by atoms with van der Waals surface area (Å²) in [6.07, 6.45) is -2.39. The third kappa shape index (κ3) is 4.52. The maximum atomic E-state index is 12.3. The molecule has 2 rings (SSSR count). The van der Waals surface area contributed by atoms with Gasteiger partial charge in [-0.05, 0) is 25.0 Å². The van der Waals surface area contributed by atoms with E-state index in [0.717, 1.165) is 25.3 Å². The highest BCUT2D eigenvalue weighted by atomic mass is 19.4. The first-order valence-corrected chi connectivity index (χ1v) is 6.92. The first kappa shape index (κ1) is 16.4. The molecule has 0 radical (unpaired) electrons. The van der Waals surface area contributed by atoms with Gasteiger partial charge < -0.3 is 20.5 Å². The second kappa shape index (κ2) is 6.87. The minimum Gasteiger partial charge on any atom is -0.404 e. The molecule has 2 amide bonds. The van der Waals surface area contributed by atoms with Crippen molar-refractivity contribution in [3.8, 4) is 5.75 Å². The topological polar surface area (TPSA) is 70.6 Å². The maximum absolute atomic E-state index is 12.3. The van der Waals surface area contributed by atoms with Crippen LogP contribution in [0.3, 0.4) is 0 Å². The number of halogens is 3. The van der Waals surface area contributed by atoms with E-state index in [1.807, 2.05) is 0 Å². The number of hydrogen-bond acceptors (Lipinski definition) is 3. The summed E-state index contributed by atoms with van der Waals surface area (Å²) in [7, 11) is 0. The van der Waals surface area contributed by atoms with Crippen molar-refractivity contribution in [1.82, 2.24) is 5.32 Å². The SMILES string of the molecule is O=C(Nc1ccccc1OC(F)(F)F)N[C@H]1CCC[C@H]1CO. The smallest absolute Gasteiger partial charge is 0.404 e. The Morgan fingerprint density at radius 1 is 1.32 bits per heavy atom. The number of ether oxygens (including phenoxy) is 1. The van der Waals surface area contributed by atoms with E-state index in [1.54, 1.807) is 0 Å². The Morgan fingerprint density at radius 3 is 2.73 bits per heavy atom. The number of nitrogens with one attached hydrogen (secondary N) is 2. The molecule has 8 heteroatoms. The second-order valence-electron chi connectivity index (χ2n) is 5.12. The molecule has 3 N–H and O–H groups in total. The molecule has 1 aromatic rings. The van der Waals surface area contributed by atoms with Crippen LogP contribution >= 0.6 is 0 Å². The molecule has 22 heavy (non-hydrogen) atoms. The van der Waals surface area contributed by atoms with Crippen LogP contribution in [0.15, 0.2) is 24.3 Å². The molecule has 0 heterocycles. The fourth-order valence-corrected chi connectivity index (χ4v) is 2.56. The van der Waals surface area contributed by atoms with Gasteiger partial charge in [0.2, 0.25) is 0 Å². The summed E-state index contributed by atoms with van der Waals surface area (Å²) >= 11 is 0. The van der Waals surface area contributed by atoms with Gasteiger partial charge in [-0.2, -0.15) is 0 Å². The van der Waals surface area contributed by atoms with Crippen molar-refractivity contribution >= 4 is 11.7 Å². The van der Waals surface area contributed by atoms with E-state index < -0.39 is 18.1 Å². The van der Waals surface area contributed by atoms with Gasteiger partial charge >= 0.3 is 12.4 Å². The molecule has 0 unspecified atom stereocenters. The summed E-state index contributed by atoms with van der Waals surface area (Å²) < 4.78 is 40.8. The average Bonchev–Trinajstić information content (AvgIpc) is 2.86. The number of carbonyl (C=O) groups is 1. The van der Waals surface area contributed by atoms with Crippen molar-refractivity contribution in [2.45, 2.75) is 31.7 Å². The molecule has 0 aliphatic heterocycles. The molecule has 2 atom stereocenters. The van der Waals surface area contributed by atoms with Crippen LogP contribution in [0.4, 0.5) is 23.7 Å². The molecule has 0 aromatic heterocycles. The minimum absolute atomic E-state index is 0.0209. The van der Waals surface area contributed by atoms with Gasteiger partial charge in [0.15, 0.2) is 5.75 Å². The normalized spacial score (nSPS) is 21.5. The monoisotopic (exact) mass is 318 g/mol. The van der Waals surface area contributed by atoms with E-state index in [9.17, 15) is 23.1 Å². The lowest BCUT2D eigenvalue weighted by atomic mass is 10.1. The van der Waals surface area contributed by atoms with Gasteiger partial charge in [-0.3, -0.25) is 0 Å². The molecular weight excluding hydrogens is 301 g/mol. The predicted molar refractivity (Wildman–Crippen MR) is 73.5 cm³/mol. The summed E-state index contributed by atoms with van der Waals surface area (Å²) in [4.78, 5) is 11.9. The lowest BCUT2D eigenvalue weighted by Gasteiger charge is -2.20. The largest absolute Gasteiger partial charge is 0.573 e. The Morgan fingerprint density at radius 2 is 2.05 bits per heavy atom. The first-order chi connectivity index (χ1) is 10.4. The van der Waals surface area contributed by atoms with E-state index in [-0.39, 0.29) is 24.3 Å².